The highest BCUT2D eigenvalue weighted by Gasteiger charge is 2.16. The molecule has 4 heteroatoms. The molecule has 0 unspecified atom stereocenters. The average Bonchev–Trinajstić information content (AvgIpc) is 2.38. The molecule has 1 N–H and O–H groups in total. The molecule has 0 atom stereocenters. The number of aryl methyl sites for hydroxylation is 1. The first-order valence-electron chi connectivity index (χ1n) is 5.99. The Labute approximate surface area is 108 Å². The summed E-state index contributed by atoms with van der Waals surface area (Å²) in [6, 6.07) is 4.76. The fraction of sp³-hybridized carbons (Fsp3) is 0.286. The van der Waals surface area contributed by atoms with Gasteiger partial charge in [0.05, 0.1) is 5.56 Å². The number of benzene rings is 1. The van der Waals surface area contributed by atoms with Gasteiger partial charge in [0.15, 0.2) is 5.43 Å². The minimum atomic E-state index is -0.950. The molecule has 0 saturated heterocycles. The summed E-state index contributed by atoms with van der Waals surface area (Å²) in [5.74, 6) is -0.950. The Kier molecular flexibility index (Phi) is 2.67. The lowest BCUT2D eigenvalue weighted by molar-refractivity contribution is 0.0697. The summed E-state index contributed by atoms with van der Waals surface area (Å²) in [4.78, 5) is 24.4. The number of carboxylic acids is 1. The van der Waals surface area contributed by atoms with Crippen LogP contribution in [0, 0.1) is 0 Å². The Morgan fingerprint density at radius 1 is 1.22 bits per heavy atom. The summed E-state index contributed by atoms with van der Waals surface area (Å²) in [6.45, 7) is 0. The molecular formula is C14H12O3S. The second kappa shape index (κ2) is 4.21. The standard InChI is InChI=1S/C14H12O3S/c15-13-9-3-1-2-4-11(9)18-12-7-8(14(16)17)5-6-10(12)13/h5-7H,1-4H2,(H,16,17). The molecule has 1 aliphatic carbocycles. The maximum absolute atomic E-state index is 12.3. The van der Waals surface area contributed by atoms with Crippen LogP contribution in [0.15, 0.2) is 23.0 Å². The van der Waals surface area contributed by atoms with Crippen LogP contribution in [0.2, 0.25) is 0 Å². The van der Waals surface area contributed by atoms with E-state index in [9.17, 15) is 9.59 Å². The Morgan fingerprint density at radius 2 is 2.00 bits per heavy atom. The van der Waals surface area contributed by atoms with Gasteiger partial charge < -0.3 is 5.11 Å². The summed E-state index contributed by atoms with van der Waals surface area (Å²) >= 11 is 1.57. The zero-order valence-electron chi connectivity index (χ0n) is 9.73. The number of rotatable bonds is 1. The molecule has 1 aliphatic rings. The van der Waals surface area contributed by atoms with Gasteiger partial charge in [0.25, 0.3) is 0 Å². The molecule has 0 spiro atoms. The largest absolute Gasteiger partial charge is 0.478 e. The fourth-order valence-corrected chi connectivity index (χ4v) is 3.74. The predicted octanol–water partition coefficient (Wildman–Crippen LogP) is 2.84. The van der Waals surface area contributed by atoms with Crippen LogP contribution in [-0.4, -0.2) is 11.1 Å². The summed E-state index contributed by atoms with van der Waals surface area (Å²) in [5, 5.41) is 9.64. The van der Waals surface area contributed by atoms with Crippen LogP contribution in [0.5, 0.6) is 0 Å². The van der Waals surface area contributed by atoms with E-state index in [2.05, 4.69) is 0 Å². The first-order valence-corrected chi connectivity index (χ1v) is 6.80. The fourth-order valence-electron chi connectivity index (χ4n) is 2.45. The molecule has 3 rings (SSSR count). The Morgan fingerprint density at radius 3 is 2.78 bits per heavy atom. The van der Waals surface area contributed by atoms with Gasteiger partial charge >= 0.3 is 5.97 Å². The molecule has 0 bridgehead atoms. The maximum Gasteiger partial charge on any atom is 0.335 e. The van der Waals surface area contributed by atoms with Crippen molar-refractivity contribution in [3.8, 4) is 0 Å². The van der Waals surface area contributed by atoms with Gasteiger partial charge in [-0.05, 0) is 43.9 Å². The number of carbonyl (C=O) groups is 1. The van der Waals surface area contributed by atoms with Gasteiger partial charge in [-0.25, -0.2) is 4.79 Å². The van der Waals surface area contributed by atoms with Crippen molar-refractivity contribution in [2.24, 2.45) is 0 Å². The maximum atomic E-state index is 12.3. The summed E-state index contributed by atoms with van der Waals surface area (Å²) in [6.07, 6.45) is 4.00. The molecule has 0 saturated carbocycles. The van der Waals surface area contributed by atoms with E-state index in [0.717, 1.165) is 40.8 Å². The van der Waals surface area contributed by atoms with Crippen LogP contribution in [-0.2, 0) is 12.8 Å². The Hall–Kier alpha value is -1.68. The molecule has 0 aliphatic heterocycles. The van der Waals surface area contributed by atoms with E-state index in [0.29, 0.717) is 5.39 Å². The zero-order chi connectivity index (χ0) is 12.7. The zero-order valence-corrected chi connectivity index (χ0v) is 10.5. The SMILES string of the molecule is O=C(O)c1ccc2c(=O)c3c(sc2c1)CCCC3. The van der Waals surface area contributed by atoms with Crippen LogP contribution in [0.3, 0.4) is 0 Å². The minimum Gasteiger partial charge on any atom is -0.478 e. The van der Waals surface area contributed by atoms with Crippen LogP contribution < -0.4 is 5.43 Å². The molecule has 18 heavy (non-hydrogen) atoms. The topological polar surface area (TPSA) is 54.4 Å². The number of fused-ring (bicyclic) bond motifs is 2. The van der Waals surface area contributed by atoms with E-state index in [-0.39, 0.29) is 11.0 Å². The monoisotopic (exact) mass is 260 g/mol. The lowest BCUT2D eigenvalue weighted by Crippen LogP contribution is -2.15. The molecule has 0 radical (unpaired) electrons. The molecule has 1 heterocycles. The first kappa shape index (κ1) is 11.4. The van der Waals surface area contributed by atoms with Crippen molar-refractivity contribution in [3.63, 3.8) is 0 Å². The van der Waals surface area contributed by atoms with Gasteiger partial charge in [-0.15, -0.1) is 11.3 Å². The van der Waals surface area contributed by atoms with Gasteiger partial charge in [-0.2, -0.15) is 0 Å². The highest BCUT2D eigenvalue weighted by molar-refractivity contribution is 7.18. The summed E-state index contributed by atoms with van der Waals surface area (Å²) in [5.41, 5.74) is 1.28. The Bertz CT molecular complexity index is 700. The third-order valence-electron chi connectivity index (χ3n) is 3.40. The molecule has 1 aromatic carbocycles. The summed E-state index contributed by atoms with van der Waals surface area (Å²) < 4.78 is 0.792. The number of hydrogen-bond acceptors (Lipinski definition) is 3. The normalized spacial score (nSPS) is 14.4. The molecule has 3 nitrogen and oxygen atoms in total. The van der Waals surface area contributed by atoms with Gasteiger partial charge in [0, 0.05) is 20.5 Å². The molecule has 92 valence electrons. The van der Waals surface area contributed by atoms with Gasteiger partial charge in [0.1, 0.15) is 0 Å². The van der Waals surface area contributed by atoms with E-state index in [1.54, 1.807) is 23.5 Å². The minimum absolute atomic E-state index is 0.0930. The van der Waals surface area contributed by atoms with E-state index in [1.807, 2.05) is 0 Å². The molecule has 2 aromatic rings. The van der Waals surface area contributed by atoms with Crippen LogP contribution in [0.4, 0.5) is 0 Å². The lowest BCUT2D eigenvalue weighted by Gasteiger charge is -2.14. The van der Waals surface area contributed by atoms with Crippen molar-refractivity contribution in [1.29, 1.82) is 0 Å². The van der Waals surface area contributed by atoms with E-state index in [4.69, 9.17) is 5.11 Å². The Balaban J connectivity index is 2.31. The highest BCUT2D eigenvalue weighted by Crippen LogP contribution is 2.28. The van der Waals surface area contributed by atoms with E-state index >= 15 is 0 Å². The second-order valence-corrected chi connectivity index (χ2v) is 5.69. The van der Waals surface area contributed by atoms with Gasteiger partial charge in [-0.1, -0.05) is 0 Å². The third kappa shape index (κ3) is 1.73. The lowest BCUT2D eigenvalue weighted by atomic mass is 9.97. The average molecular weight is 260 g/mol. The quantitative estimate of drug-likeness (QED) is 0.857. The number of carboxylic acid groups (broad SMARTS) is 1. The van der Waals surface area contributed by atoms with Crippen molar-refractivity contribution < 1.29 is 9.90 Å². The third-order valence-corrected chi connectivity index (χ3v) is 4.65. The highest BCUT2D eigenvalue weighted by atomic mass is 32.1. The van der Waals surface area contributed by atoms with Crippen molar-refractivity contribution in [2.75, 3.05) is 0 Å². The van der Waals surface area contributed by atoms with Crippen molar-refractivity contribution in [1.82, 2.24) is 0 Å². The van der Waals surface area contributed by atoms with Crippen molar-refractivity contribution in [3.05, 3.63) is 44.4 Å². The van der Waals surface area contributed by atoms with Crippen LogP contribution in [0.25, 0.3) is 10.1 Å². The molecule has 0 amide bonds. The van der Waals surface area contributed by atoms with Crippen molar-refractivity contribution in [2.45, 2.75) is 25.7 Å². The number of hydrogen-bond donors (Lipinski definition) is 1. The van der Waals surface area contributed by atoms with Crippen molar-refractivity contribution >= 4 is 27.4 Å². The second-order valence-electron chi connectivity index (χ2n) is 4.56. The molecule has 1 aromatic heterocycles. The van der Waals surface area contributed by atoms with Crippen LogP contribution in [0.1, 0.15) is 33.6 Å². The van der Waals surface area contributed by atoms with Gasteiger partial charge in [-0.3, -0.25) is 4.79 Å². The van der Waals surface area contributed by atoms with Gasteiger partial charge in [0.2, 0.25) is 0 Å². The first-order chi connectivity index (χ1) is 8.66. The van der Waals surface area contributed by atoms with Crippen LogP contribution >= 0.6 is 11.3 Å². The molecule has 0 fully saturated rings. The summed E-state index contributed by atoms with van der Waals surface area (Å²) in [7, 11) is 0. The smallest absolute Gasteiger partial charge is 0.335 e. The number of aromatic carboxylic acids is 1. The molecular weight excluding hydrogens is 248 g/mol. The van der Waals surface area contributed by atoms with E-state index < -0.39 is 5.97 Å². The predicted molar refractivity (Wildman–Crippen MR) is 71.7 cm³/mol. The van der Waals surface area contributed by atoms with E-state index in [1.165, 1.54) is 6.07 Å².